The summed E-state index contributed by atoms with van der Waals surface area (Å²) in [6.07, 6.45) is 4.41. The predicted molar refractivity (Wildman–Crippen MR) is 48.5 cm³/mol. The molecule has 74 valence electrons. The summed E-state index contributed by atoms with van der Waals surface area (Å²) in [5.41, 5.74) is 0.754. The van der Waals surface area contributed by atoms with Gasteiger partial charge in [-0.15, -0.1) is 0 Å². The minimum Gasteiger partial charge on any atom is -0.446 e. The minimum absolute atomic E-state index is 0.340. The van der Waals surface area contributed by atoms with E-state index >= 15 is 0 Å². The highest BCUT2D eigenvalue weighted by atomic mass is 16.4. The van der Waals surface area contributed by atoms with Crippen LogP contribution in [0, 0.1) is 0 Å². The quantitative estimate of drug-likeness (QED) is 0.788. The summed E-state index contributed by atoms with van der Waals surface area (Å²) in [6, 6.07) is 1.84. The van der Waals surface area contributed by atoms with E-state index in [0.29, 0.717) is 12.4 Å². The van der Waals surface area contributed by atoms with Crippen molar-refractivity contribution in [3.05, 3.63) is 36.3 Å². The van der Waals surface area contributed by atoms with Gasteiger partial charge in [0.05, 0.1) is 6.54 Å². The van der Waals surface area contributed by atoms with Crippen LogP contribution >= 0.6 is 0 Å². The molecule has 0 aromatic carbocycles. The topological polar surface area (TPSA) is 64.1 Å². The van der Waals surface area contributed by atoms with Crippen LogP contribution < -0.4 is 0 Å². The fourth-order valence-electron chi connectivity index (χ4n) is 1.15. The molecule has 2 rings (SSSR count). The molecular formula is C9H11N3O2. The van der Waals surface area contributed by atoms with E-state index in [0.717, 1.165) is 5.69 Å². The third-order valence-electron chi connectivity index (χ3n) is 1.81. The molecule has 14 heavy (non-hydrogen) atoms. The summed E-state index contributed by atoms with van der Waals surface area (Å²) in [7, 11) is 0. The fourth-order valence-corrected chi connectivity index (χ4v) is 1.15. The van der Waals surface area contributed by atoms with Crippen molar-refractivity contribution in [1.82, 2.24) is 14.8 Å². The van der Waals surface area contributed by atoms with Gasteiger partial charge in [0.15, 0.2) is 0 Å². The van der Waals surface area contributed by atoms with Crippen LogP contribution in [-0.2, 0) is 6.54 Å². The molecule has 0 saturated heterocycles. The van der Waals surface area contributed by atoms with Gasteiger partial charge in [0.1, 0.15) is 18.1 Å². The molecule has 2 aromatic heterocycles. The van der Waals surface area contributed by atoms with Crippen LogP contribution in [0.2, 0.25) is 0 Å². The lowest BCUT2D eigenvalue weighted by atomic mass is 10.4. The SMILES string of the molecule is CC(O)c1nc(Cn2cccn2)co1. The van der Waals surface area contributed by atoms with E-state index in [9.17, 15) is 5.11 Å². The smallest absolute Gasteiger partial charge is 0.222 e. The first-order chi connectivity index (χ1) is 6.75. The normalized spacial score (nSPS) is 13.0. The first-order valence-corrected chi connectivity index (χ1v) is 4.35. The zero-order valence-corrected chi connectivity index (χ0v) is 7.79. The molecule has 1 atom stereocenters. The molecule has 0 radical (unpaired) electrons. The molecule has 5 nitrogen and oxygen atoms in total. The molecule has 2 heterocycles. The average Bonchev–Trinajstić information content (AvgIpc) is 2.75. The van der Waals surface area contributed by atoms with Gasteiger partial charge in [-0.05, 0) is 13.0 Å². The second-order valence-electron chi connectivity index (χ2n) is 3.06. The van der Waals surface area contributed by atoms with E-state index in [4.69, 9.17) is 4.42 Å². The van der Waals surface area contributed by atoms with Crippen molar-refractivity contribution in [2.45, 2.75) is 19.6 Å². The van der Waals surface area contributed by atoms with Gasteiger partial charge in [-0.25, -0.2) is 4.98 Å². The number of rotatable bonds is 3. The van der Waals surface area contributed by atoms with Gasteiger partial charge in [-0.2, -0.15) is 5.10 Å². The molecule has 0 aliphatic heterocycles. The Bertz CT molecular complexity index is 392. The highest BCUT2D eigenvalue weighted by molar-refractivity contribution is 4.98. The molecule has 0 amide bonds. The summed E-state index contributed by atoms with van der Waals surface area (Å²) in [5, 5.41) is 13.2. The van der Waals surface area contributed by atoms with Crippen LogP contribution in [-0.4, -0.2) is 19.9 Å². The summed E-state index contributed by atoms with van der Waals surface area (Å²) in [5.74, 6) is 0.340. The molecule has 1 unspecified atom stereocenters. The Morgan fingerprint density at radius 2 is 2.50 bits per heavy atom. The van der Waals surface area contributed by atoms with Crippen molar-refractivity contribution in [2.24, 2.45) is 0 Å². The zero-order chi connectivity index (χ0) is 9.97. The molecule has 0 aliphatic rings. The van der Waals surface area contributed by atoms with E-state index in [2.05, 4.69) is 10.1 Å². The Balaban J connectivity index is 2.11. The van der Waals surface area contributed by atoms with Crippen molar-refractivity contribution in [2.75, 3.05) is 0 Å². The van der Waals surface area contributed by atoms with Gasteiger partial charge in [-0.3, -0.25) is 4.68 Å². The third-order valence-corrected chi connectivity index (χ3v) is 1.81. The molecule has 0 saturated carbocycles. The maximum atomic E-state index is 9.18. The van der Waals surface area contributed by atoms with Crippen LogP contribution in [0.5, 0.6) is 0 Å². The molecule has 2 aromatic rings. The minimum atomic E-state index is -0.665. The maximum Gasteiger partial charge on any atom is 0.222 e. The van der Waals surface area contributed by atoms with E-state index in [1.165, 1.54) is 6.26 Å². The van der Waals surface area contributed by atoms with Crippen LogP contribution in [0.25, 0.3) is 0 Å². The lowest BCUT2D eigenvalue weighted by Gasteiger charge is -1.96. The van der Waals surface area contributed by atoms with Crippen molar-refractivity contribution in [3.63, 3.8) is 0 Å². The summed E-state index contributed by atoms with van der Waals surface area (Å²) in [4.78, 5) is 4.11. The highest BCUT2D eigenvalue weighted by Gasteiger charge is 2.08. The van der Waals surface area contributed by atoms with Crippen molar-refractivity contribution >= 4 is 0 Å². The number of nitrogens with zero attached hydrogens (tertiary/aromatic N) is 3. The van der Waals surface area contributed by atoms with Gasteiger partial charge in [0.25, 0.3) is 0 Å². The Kier molecular flexibility index (Phi) is 2.32. The first kappa shape index (κ1) is 8.96. The van der Waals surface area contributed by atoms with Gasteiger partial charge < -0.3 is 9.52 Å². The number of aliphatic hydroxyl groups is 1. The zero-order valence-electron chi connectivity index (χ0n) is 7.79. The predicted octanol–water partition coefficient (Wildman–Crippen LogP) is 0.973. The maximum absolute atomic E-state index is 9.18. The standard InChI is InChI=1S/C9H11N3O2/c1-7(13)9-11-8(6-14-9)5-12-4-2-3-10-12/h2-4,6-7,13H,5H2,1H3. The van der Waals surface area contributed by atoms with E-state index in [-0.39, 0.29) is 0 Å². The molecule has 0 bridgehead atoms. The number of oxazole rings is 1. The van der Waals surface area contributed by atoms with Crippen molar-refractivity contribution in [3.8, 4) is 0 Å². The first-order valence-electron chi connectivity index (χ1n) is 4.35. The van der Waals surface area contributed by atoms with Crippen LogP contribution in [0.1, 0.15) is 24.6 Å². The lowest BCUT2D eigenvalue weighted by molar-refractivity contribution is 0.163. The molecule has 5 heteroatoms. The molecule has 0 aliphatic carbocycles. The van der Waals surface area contributed by atoms with Gasteiger partial charge in [0.2, 0.25) is 5.89 Å². The lowest BCUT2D eigenvalue weighted by Crippen LogP contribution is -2.00. The Hall–Kier alpha value is -1.62. The van der Waals surface area contributed by atoms with Gasteiger partial charge in [-0.1, -0.05) is 0 Å². The van der Waals surface area contributed by atoms with Crippen LogP contribution in [0.4, 0.5) is 0 Å². The average molecular weight is 193 g/mol. The van der Waals surface area contributed by atoms with Crippen LogP contribution in [0.15, 0.2) is 29.1 Å². The van der Waals surface area contributed by atoms with Crippen LogP contribution in [0.3, 0.4) is 0 Å². The Morgan fingerprint density at radius 3 is 3.07 bits per heavy atom. The Labute approximate surface area is 81.0 Å². The fraction of sp³-hybridized carbons (Fsp3) is 0.333. The molecular weight excluding hydrogens is 182 g/mol. The second kappa shape index (κ2) is 3.63. The largest absolute Gasteiger partial charge is 0.446 e. The second-order valence-corrected chi connectivity index (χ2v) is 3.06. The summed E-state index contributed by atoms with van der Waals surface area (Å²) in [6.45, 7) is 2.17. The van der Waals surface area contributed by atoms with E-state index in [1.54, 1.807) is 17.8 Å². The van der Waals surface area contributed by atoms with E-state index in [1.807, 2.05) is 12.3 Å². The number of hydrogen-bond acceptors (Lipinski definition) is 4. The van der Waals surface area contributed by atoms with Crippen molar-refractivity contribution < 1.29 is 9.52 Å². The Morgan fingerprint density at radius 1 is 1.64 bits per heavy atom. The number of hydrogen-bond donors (Lipinski definition) is 1. The summed E-state index contributed by atoms with van der Waals surface area (Å²) >= 11 is 0. The summed E-state index contributed by atoms with van der Waals surface area (Å²) < 4.78 is 6.81. The van der Waals surface area contributed by atoms with Gasteiger partial charge >= 0.3 is 0 Å². The highest BCUT2D eigenvalue weighted by Crippen LogP contribution is 2.11. The van der Waals surface area contributed by atoms with Gasteiger partial charge in [0, 0.05) is 12.4 Å². The third kappa shape index (κ3) is 1.82. The monoisotopic (exact) mass is 193 g/mol. The van der Waals surface area contributed by atoms with E-state index < -0.39 is 6.10 Å². The molecule has 0 fully saturated rings. The molecule has 1 N–H and O–H groups in total. The van der Waals surface area contributed by atoms with Crippen molar-refractivity contribution in [1.29, 1.82) is 0 Å². The number of aromatic nitrogens is 3. The number of aliphatic hydroxyl groups excluding tert-OH is 1. The molecule has 0 spiro atoms.